The topological polar surface area (TPSA) is 102 Å². The van der Waals surface area contributed by atoms with E-state index in [4.69, 9.17) is 3.87 Å². The summed E-state index contributed by atoms with van der Waals surface area (Å²) in [6.07, 6.45) is 2.12. The second kappa shape index (κ2) is 17.6. The summed E-state index contributed by atoms with van der Waals surface area (Å²) in [7, 11) is 3.16. The van der Waals surface area contributed by atoms with E-state index >= 15 is 0 Å². The molecular weight excluding hydrogens is 311 g/mol. The van der Waals surface area contributed by atoms with Crippen LogP contribution in [0.15, 0.2) is 0 Å². The zero-order chi connectivity index (χ0) is 16.6. The summed E-state index contributed by atoms with van der Waals surface area (Å²) in [5.41, 5.74) is 0. The number of hydrogen-bond acceptors (Lipinski definition) is 5. The van der Waals surface area contributed by atoms with Crippen molar-refractivity contribution < 1.29 is 38.7 Å². The van der Waals surface area contributed by atoms with E-state index in [-0.39, 0.29) is 18.2 Å². The molecule has 0 bridgehead atoms. The minimum absolute atomic E-state index is 0.0718. The Hall–Kier alpha value is -1.41. The molecule has 0 aliphatic heterocycles. The first-order chi connectivity index (χ1) is 9.37. The molecule has 0 saturated heterocycles. The Morgan fingerprint density at radius 3 is 1.90 bits per heavy atom. The average Bonchev–Trinajstić information content (AvgIpc) is 2.40. The molecule has 0 aliphatic rings. The first kappa shape index (κ1) is 23.7. The van der Waals surface area contributed by atoms with Crippen LogP contribution in [0.5, 0.6) is 0 Å². The van der Waals surface area contributed by atoms with E-state index in [2.05, 4.69) is 38.0 Å². The average molecular weight is 333 g/mol. The van der Waals surface area contributed by atoms with Gasteiger partial charge in [0.15, 0.2) is 11.9 Å². The third-order valence-corrected chi connectivity index (χ3v) is 1.75. The fourth-order valence-corrected chi connectivity index (χ4v) is 0.917. The molecule has 0 aromatic rings. The van der Waals surface area contributed by atoms with Gasteiger partial charge in [0, 0.05) is 14.1 Å². The number of amides is 2. The summed E-state index contributed by atoms with van der Waals surface area (Å²) in [5.74, 6) is -0.692. The third-order valence-electron chi connectivity index (χ3n) is 1.75. The van der Waals surface area contributed by atoms with Crippen molar-refractivity contribution in [3.63, 3.8) is 0 Å². The van der Waals surface area contributed by atoms with Crippen LogP contribution < -0.4 is 10.6 Å². The van der Waals surface area contributed by atoms with Gasteiger partial charge in [-0.3, -0.25) is 21.3 Å². The zero-order valence-electron chi connectivity index (χ0n) is 12.2. The number of rotatable bonds is 5. The van der Waals surface area contributed by atoms with Gasteiger partial charge in [0.1, 0.15) is 6.10 Å². The molecule has 0 rings (SSSR count). The van der Waals surface area contributed by atoms with Gasteiger partial charge in [0.2, 0.25) is 5.91 Å². The fraction of sp³-hybridized carbons (Fsp3) is 0.583. The molecule has 0 aromatic carbocycles. The molecule has 0 spiro atoms. The van der Waals surface area contributed by atoms with Crippen molar-refractivity contribution in [2.75, 3.05) is 14.1 Å². The molecule has 1 unspecified atom stereocenters. The van der Waals surface area contributed by atoms with Crippen LogP contribution in [0.3, 0.4) is 0 Å². The number of nitrogens with one attached hydrogen (secondary N) is 2. The van der Waals surface area contributed by atoms with Crippen LogP contribution >= 0.6 is 0 Å². The summed E-state index contributed by atoms with van der Waals surface area (Å²) in [6, 6.07) is 0. The molecule has 2 N–H and O–H groups in total. The predicted octanol–water partition coefficient (Wildman–Crippen LogP) is 0.114. The van der Waals surface area contributed by atoms with Crippen LogP contribution in [0.1, 0.15) is 26.7 Å². The van der Waals surface area contributed by atoms with Gasteiger partial charge in [-0.25, -0.2) is 0 Å². The third kappa shape index (κ3) is 21.8. The predicted molar refractivity (Wildman–Crippen MR) is 68.9 cm³/mol. The second-order valence-corrected chi connectivity index (χ2v) is 3.46. The minimum atomic E-state index is -0.610. The quantitative estimate of drug-likeness (QED) is 0.549. The molecule has 0 aromatic heterocycles. The molecule has 0 fully saturated rings. The van der Waals surface area contributed by atoms with Crippen LogP contribution in [0.25, 0.3) is 0 Å². The van der Waals surface area contributed by atoms with E-state index in [1.54, 1.807) is 14.0 Å². The van der Waals surface area contributed by atoms with Crippen molar-refractivity contribution in [3.8, 4) is 0 Å². The maximum atomic E-state index is 10.7. The van der Waals surface area contributed by atoms with Gasteiger partial charge in [0.05, 0.1) is 6.42 Å². The second-order valence-electron chi connectivity index (χ2n) is 3.46. The molecular formula is C12H22CoN2O5-2. The molecule has 0 radical (unpaired) electrons. The van der Waals surface area contributed by atoms with Gasteiger partial charge >= 0.3 is 19.5 Å². The Morgan fingerprint density at radius 1 is 1.20 bits per heavy atom. The molecule has 2 amide bonds. The van der Waals surface area contributed by atoms with Crippen molar-refractivity contribution in [2.24, 2.45) is 0 Å². The van der Waals surface area contributed by atoms with Crippen molar-refractivity contribution in [1.82, 2.24) is 10.6 Å². The van der Waals surface area contributed by atoms with Gasteiger partial charge in [-0.1, -0.05) is 6.42 Å². The molecule has 8 heteroatoms. The number of carbonyl (C=O) groups is 3. The van der Waals surface area contributed by atoms with Crippen LogP contribution in [0, 0.1) is 13.3 Å². The number of carbonyl (C=O) groups excluding carboxylic acids is 3. The standard InChI is InChI=1S/C7H12NO3.C5H10NO.Co.O/c1-5(11-6(2)9)4-7(10)8-3;1-3-4-5(7)6-2;;/h5H,2,4H2,1,3H3,(H,8,10);3H,4H2,1-2H3,(H,6,7);;/q2*-1;;. The van der Waals surface area contributed by atoms with Crippen LogP contribution in [0.2, 0.25) is 0 Å². The maximum absolute atomic E-state index is 10.7. The van der Waals surface area contributed by atoms with Crippen LogP contribution in [-0.2, 0) is 38.7 Å². The van der Waals surface area contributed by atoms with Crippen LogP contribution in [0.4, 0.5) is 0 Å². The normalized spacial score (nSPS) is 9.65. The van der Waals surface area contributed by atoms with E-state index in [9.17, 15) is 14.4 Å². The summed E-state index contributed by atoms with van der Waals surface area (Å²) in [5, 5.41) is 4.91. The van der Waals surface area contributed by atoms with Gasteiger partial charge in [-0.15, -0.1) is 0 Å². The monoisotopic (exact) mass is 333 g/mol. The van der Waals surface area contributed by atoms with Crippen molar-refractivity contribution in [3.05, 3.63) is 13.3 Å². The van der Waals surface area contributed by atoms with Gasteiger partial charge in [-0.05, 0) is 6.92 Å². The molecule has 0 heterocycles. The molecule has 0 saturated carbocycles. The van der Waals surface area contributed by atoms with Gasteiger partial charge in [0.25, 0.3) is 0 Å². The Bertz CT molecular complexity index is 287. The molecule has 7 nitrogen and oxygen atoms in total. The molecule has 0 aliphatic carbocycles. The Balaban J connectivity index is -0.000000277. The summed E-state index contributed by atoms with van der Waals surface area (Å²) in [4.78, 5) is 31.2. The Kier molecular flexibility index (Phi) is 20.8. The number of ether oxygens (including phenoxy) is 1. The first-order valence-corrected chi connectivity index (χ1v) is 6.15. The van der Waals surface area contributed by atoms with Crippen molar-refractivity contribution >= 4 is 17.8 Å². The van der Waals surface area contributed by atoms with E-state index in [0.717, 1.165) is 0 Å². The molecule has 20 heavy (non-hydrogen) atoms. The SMILES string of the molecule is C[CH-]CC(=O)NC.[CH2-]C(=O)OC(C)CC(=O)NC.[O]=[Co]. The zero-order valence-corrected chi connectivity index (χ0v) is 13.2. The van der Waals surface area contributed by atoms with Gasteiger partial charge < -0.3 is 21.8 Å². The Morgan fingerprint density at radius 2 is 1.65 bits per heavy atom. The first-order valence-electron chi connectivity index (χ1n) is 5.72. The van der Waals surface area contributed by atoms with E-state index < -0.39 is 12.1 Å². The summed E-state index contributed by atoms with van der Waals surface area (Å²) < 4.78 is 12.5. The van der Waals surface area contributed by atoms with E-state index in [1.165, 1.54) is 7.05 Å². The summed E-state index contributed by atoms with van der Waals surface area (Å²) in [6.45, 7) is 6.51. The van der Waals surface area contributed by atoms with E-state index in [1.807, 2.05) is 13.3 Å². The molecule has 1 atom stereocenters. The van der Waals surface area contributed by atoms with E-state index in [0.29, 0.717) is 6.42 Å². The Labute approximate surface area is 128 Å². The fourth-order valence-electron chi connectivity index (χ4n) is 0.917. The van der Waals surface area contributed by atoms with Crippen LogP contribution in [-0.4, -0.2) is 38.0 Å². The summed E-state index contributed by atoms with van der Waals surface area (Å²) >= 11 is 2.31. The molecule has 121 valence electrons. The number of esters is 1. The van der Waals surface area contributed by atoms with Gasteiger partial charge in [-0.2, -0.15) is 6.92 Å². The number of hydrogen-bond donors (Lipinski definition) is 2. The van der Waals surface area contributed by atoms with Crippen molar-refractivity contribution in [2.45, 2.75) is 32.8 Å². The van der Waals surface area contributed by atoms with Crippen molar-refractivity contribution in [1.29, 1.82) is 0 Å².